The summed E-state index contributed by atoms with van der Waals surface area (Å²) in [6.45, 7) is 2.24. The molecule has 4 heteroatoms. The molecule has 0 heterocycles. The second-order valence-corrected chi connectivity index (χ2v) is 5.22. The van der Waals surface area contributed by atoms with Gasteiger partial charge in [-0.1, -0.05) is 13.0 Å². The zero-order chi connectivity index (χ0) is 13.8. The Morgan fingerprint density at radius 3 is 2.58 bits per heavy atom. The summed E-state index contributed by atoms with van der Waals surface area (Å²) in [5.74, 6) is 0.789. The number of hydrogen-bond acceptors (Lipinski definition) is 4. The third kappa shape index (κ3) is 3.19. The van der Waals surface area contributed by atoms with Crippen molar-refractivity contribution in [2.45, 2.75) is 38.7 Å². The third-order valence-corrected chi connectivity index (χ3v) is 3.71. The highest BCUT2D eigenvalue weighted by Crippen LogP contribution is 2.29. The lowest BCUT2D eigenvalue weighted by molar-refractivity contribution is 0.0171. The van der Waals surface area contributed by atoms with E-state index in [-0.39, 0.29) is 12.1 Å². The highest BCUT2D eigenvalue weighted by Gasteiger charge is 2.24. The summed E-state index contributed by atoms with van der Waals surface area (Å²) in [5.41, 5.74) is 6.65. The zero-order valence-electron chi connectivity index (χ0n) is 11.5. The van der Waals surface area contributed by atoms with Gasteiger partial charge in [-0.3, -0.25) is 0 Å². The molecule has 0 aliphatic heterocycles. The molecule has 1 aliphatic rings. The Bertz CT molecular complexity index is 451. The van der Waals surface area contributed by atoms with Crippen molar-refractivity contribution in [3.05, 3.63) is 23.8 Å². The van der Waals surface area contributed by atoms with Crippen molar-refractivity contribution in [1.29, 1.82) is 0 Å². The summed E-state index contributed by atoms with van der Waals surface area (Å²) in [6.07, 6.45) is 4.14. The summed E-state index contributed by atoms with van der Waals surface area (Å²) in [5, 5.41) is 0. The Hall–Kier alpha value is -1.71. The van der Waals surface area contributed by atoms with E-state index in [2.05, 4.69) is 6.92 Å². The van der Waals surface area contributed by atoms with E-state index in [0.717, 1.165) is 31.6 Å². The molecule has 104 valence electrons. The van der Waals surface area contributed by atoms with Gasteiger partial charge in [0.15, 0.2) is 5.75 Å². The van der Waals surface area contributed by atoms with E-state index in [0.29, 0.717) is 17.0 Å². The first-order valence-electron chi connectivity index (χ1n) is 6.75. The number of carbonyl (C=O) groups is 1. The first-order chi connectivity index (χ1) is 9.11. The van der Waals surface area contributed by atoms with Gasteiger partial charge in [-0.25, -0.2) is 4.79 Å². The smallest absolute Gasteiger partial charge is 0.342 e. The largest absolute Gasteiger partial charge is 0.494 e. The number of benzene rings is 1. The Kier molecular flexibility index (Phi) is 4.30. The number of para-hydroxylation sites is 1. The summed E-state index contributed by atoms with van der Waals surface area (Å²) in [7, 11) is 1.50. The topological polar surface area (TPSA) is 61.5 Å². The molecule has 2 N–H and O–H groups in total. The highest BCUT2D eigenvalue weighted by atomic mass is 16.5. The van der Waals surface area contributed by atoms with E-state index in [1.807, 2.05) is 0 Å². The maximum atomic E-state index is 12.2. The van der Waals surface area contributed by atoms with Gasteiger partial charge in [-0.05, 0) is 43.7 Å². The third-order valence-electron chi connectivity index (χ3n) is 3.71. The Labute approximate surface area is 113 Å². The molecule has 2 rings (SSSR count). The van der Waals surface area contributed by atoms with Crippen molar-refractivity contribution < 1.29 is 14.3 Å². The predicted molar refractivity (Wildman–Crippen MR) is 74.2 cm³/mol. The molecule has 0 amide bonds. The number of carbonyl (C=O) groups excluding carboxylic acids is 1. The van der Waals surface area contributed by atoms with Gasteiger partial charge in [-0.2, -0.15) is 0 Å². The van der Waals surface area contributed by atoms with Crippen LogP contribution in [0.15, 0.2) is 18.2 Å². The summed E-state index contributed by atoms with van der Waals surface area (Å²) in [6, 6.07) is 5.12. The Balaban J connectivity index is 2.06. The second kappa shape index (κ2) is 5.95. The number of esters is 1. The van der Waals surface area contributed by atoms with Crippen LogP contribution in [0.5, 0.6) is 5.75 Å². The lowest BCUT2D eigenvalue weighted by Crippen LogP contribution is -2.24. The summed E-state index contributed by atoms with van der Waals surface area (Å²) >= 11 is 0. The maximum absolute atomic E-state index is 12.2. The molecule has 0 atom stereocenters. The van der Waals surface area contributed by atoms with Crippen LogP contribution < -0.4 is 10.5 Å². The molecule has 0 saturated heterocycles. The van der Waals surface area contributed by atoms with Crippen LogP contribution in [0.4, 0.5) is 5.69 Å². The molecule has 1 aromatic rings. The van der Waals surface area contributed by atoms with Gasteiger partial charge in [0.2, 0.25) is 0 Å². The van der Waals surface area contributed by atoms with Crippen LogP contribution in [0.25, 0.3) is 0 Å². The van der Waals surface area contributed by atoms with Crippen LogP contribution in [0.3, 0.4) is 0 Å². The lowest BCUT2D eigenvalue weighted by atomic mass is 9.89. The molecule has 1 aliphatic carbocycles. The van der Waals surface area contributed by atoms with Crippen molar-refractivity contribution in [1.82, 2.24) is 0 Å². The molecular weight excluding hydrogens is 242 g/mol. The van der Waals surface area contributed by atoms with Gasteiger partial charge in [0.05, 0.1) is 12.8 Å². The maximum Gasteiger partial charge on any atom is 0.342 e. The van der Waals surface area contributed by atoms with Crippen LogP contribution >= 0.6 is 0 Å². The van der Waals surface area contributed by atoms with Crippen LogP contribution in [0.2, 0.25) is 0 Å². The zero-order valence-corrected chi connectivity index (χ0v) is 11.5. The number of nitrogens with two attached hydrogens (primary N) is 1. The number of anilines is 1. The SMILES string of the molecule is COc1c(N)cccc1C(=O)OC1CCC(C)CC1. The van der Waals surface area contributed by atoms with Crippen molar-refractivity contribution >= 4 is 11.7 Å². The van der Waals surface area contributed by atoms with Crippen LogP contribution in [-0.4, -0.2) is 19.2 Å². The molecule has 0 spiro atoms. The molecular formula is C15H21NO3. The molecule has 0 radical (unpaired) electrons. The van der Waals surface area contributed by atoms with Crippen molar-refractivity contribution in [2.75, 3.05) is 12.8 Å². The number of nitrogen functional groups attached to an aromatic ring is 1. The average molecular weight is 263 g/mol. The van der Waals surface area contributed by atoms with E-state index >= 15 is 0 Å². The van der Waals surface area contributed by atoms with E-state index in [9.17, 15) is 4.79 Å². The number of rotatable bonds is 3. The first kappa shape index (κ1) is 13.7. The minimum atomic E-state index is -0.344. The van der Waals surface area contributed by atoms with Crippen molar-refractivity contribution in [3.8, 4) is 5.75 Å². The number of ether oxygens (including phenoxy) is 2. The average Bonchev–Trinajstić information content (AvgIpc) is 2.41. The highest BCUT2D eigenvalue weighted by molar-refractivity contribution is 5.94. The molecule has 0 bridgehead atoms. The quantitative estimate of drug-likeness (QED) is 0.672. The number of methoxy groups -OCH3 is 1. The van der Waals surface area contributed by atoms with Crippen molar-refractivity contribution in [2.24, 2.45) is 5.92 Å². The Morgan fingerprint density at radius 2 is 1.95 bits per heavy atom. The fraction of sp³-hybridized carbons (Fsp3) is 0.533. The van der Waals surface area contributed by atoms with Gasteiger partial charge in [-0.15, -0.1) is 0 Å². The van der Waals surface area contributed by atoms with E-state index in [1.165, 1.54) is 7.11 Å². The summed E-state index contributed by atoms with van der Waals surface area (Å²) < 4.78 is 10.7. The normalized spacial score (nSPS) is 22.8. The van der Waals surface area contributed by atoms with E-state index < -0.39 is 0 Å². The molecule has 0 unspecified atom stereocenters. The first-order valence-corrected chi connectivity index (χ1v) is 6.75. The molecule has 1 aromatic carbocycles. The van der Waals surface area contributed by atoms with Gasteiger partial charge in [0, 0.05) is 0 Å². The fourth-order valence-electron chi connectivity index (χ4n) is 2.51. The Morgan fingerprint density at radius 1 is 1.26 bits per heavy atom. The van der Waals surface area contributed by atoms with Gasteiger partial charge in [0.25, 0.3) is 0 Å². The summed E-state index contributed by atoms with van der Waals surface area (Å²) in [4.78, 5) is 12.2. The molecule has 0 aromatic heterocycles. The van der Waals surface area contributed by atoms with Crippen LogP contribution in [-0.2, 0) is 4.74 Å². The fourth-order valence-corrected chi connectivity index (χ4v) is 2.51. The molecule has 4 nitrogen and oxygen atoms in total. The standard InChI is InChI=1S/C15H21NO3/c1-10-6-8-11(9-7-10)19-15(17)12-4-3-5-13(16)14(12)18-2/h3-5,10-11H,6-9,16H2,1-2H3. The second-order valence-electron chi connectivity index (χ2n) is 5.22. The van der Waals surface area contributed by atoms with Gasteiger partial charge < -0.3 is 15.2 Å². The minimum Gasteiger partial charge on any atom is -0.494 e. The van der Waals surface area contributed by atoms with Gasteiger partial charge in [0.1, 0.15) is 11.7 Å². The van der Waals surface area contributed by atoms with Crippen LogP contribution in [0, 0.1) is 5.92 Å². The lowest BCUT2D eigenvalue weighted by Gasteiger charge is -2.26. The van der Waals surface area contributed by atoms with E-state index in [4.69, 9.17) is 15.2 Å². The minimum absolute atomic E-state index is 0.0230. The molecule has 1 fully saturated rings. The molecule has 1 saturated carbocycles. The van der Waals surface area contributed by atoms with Crippen LogP contribution in [0.1, 0.15) is 43.0 Å². The number of hydrogen-bond donors (Lipinski definition) is 1. The van der Waals surface area contributed by atoms with Gasteiger partial charge >= 0.3 is 5.97 Å². The van der Waals surface area contributed by atoms with Crippen molar-refractivity contribution in [3.63, 3.8) is 0 Å². The monoisotopic (exact) mass is 263 g/mol. The van der Waals surface area contributed by atoms with E-state index in [1.54, 1.807) is 18.2 Å². The predicted octanol–water partition coefficient (Wildman–Crippen LogP) is 3.01. The molecule has 19 heavy (non-hydrogen) atoms.